The molecule has 0 aliphatic carbocycles. The Bertz CT molecular complexity index is 1110. The second-order valence-corrected chi connectivity index (χ2v) is 13.3. The van der Waals surface area contributed by atoms with E-state index in [1.54, 1.807) is 32.0 Å². The van der Waals surface area contributed by atoms with Gasteiger partial charge in [-0.25, -0.2) is 0 Å². The first-order chi connectivity index (χ1) is 19.9. The third kappa shape index (κ3) is 11.1. The molecule has 6 N–H and O–H groups in total. The van der Waals surface area contributed by atoms with Gasteiger partial charge in [-0.1, -0.05) is 84.9 Å². The molecule has 242 valence electrons. The maximum absolute atomic E-state index is 14.0. The molecular formula is C33H55N5O5. The van der Waals surface area contributed by atoms with Crippen molar-refractivity contribution >= 4 is 23.7 Å². The molecule has 0 heterocycles. The Balaban J connectivity index is 3.08. The van der Waals surface area contributed by atoms with Crippen LogP contribution in [0.2, 0.25) is 0 Å². The summed E-state index contributed by atoms with van der Waals surface area (Å²) >= 11 is 0. The van der Waals surface area contributed by atoms with Crippen LogP contribution in [0.15, 0.2) is 42.0 Å². The van der Waals surface area contributed by atoms with Crippen molar-refractivity contribution in [1.82, 2.24) is 20.9 Å². The lowest BCUT2D eigenvalue weighted by atomic mass is 9.76. The number of carboxylic acids is 1. The number of hydrogen-bond donors (Lipinski definition) is 5. The van der Waals surface area contributed by atoms with Crippen molar-refractivity contribution in [3.63, 3.8) is 0 Å². The molecule has 0 unspecified atom stereocenters. The SMILES string of the molecule is CN[C@H](C(=O)N[C@H](C(=O)N(C)[C@H](/C=C(\C)C(=O)NCCCC[C@@H](N)C(=O)O)C(C)C)C(C)(C)C)C(C)(C)c1ccccc1. The van der Waals surface area contributed by atoms with Crippen LogP contribution < -0.4 is 21.7 Å². The molecule has 10 nitrogen and oxygen atoms in total. The number of nitrogens with two attached hydrogens (primary N) is 1. The number of carbonyl (C=O) groups is 4. The summed E-state index contributed by atoms with van der Waals surface area (Å²) in [7, 11) is 3.45. The molecule has 1 rings (SSSR count). The number of aliphatic carboxylic acids is 1. The van der Waals surface area contributed by atoms with Crippen LogP contribution in [0.25, 0.3) is 0 Å². The molecule has 0 saturated heterocycles. The van der Waals surface area contributed by atoms with Gasteiger partial charge in [-0.3, -0.25) is 19.2 Å². The van der Waals surface area contributed by atoms with E-state index in [4.69, 9.17) is 10.8 Å². The van der Waals surface area contributed by atoms with E-state index in [0.29, 0.717) is 31.4 Å². The predicted octanol–water partition coefficient (Wildman–Crippen LogP) is 3.21. The summed E-state index contributed by atoms with van der Waals surface area (Å²) in [5.41, 5.74) is 5.86. The number of amides is 3. The van der Waals surface area contributed by atoms with Gasteiger partial charge in [0.2, 0.25) is 17.7 Å². The van der Waals surface area contributed by atoms with Crippen LogP contribution in [-0.4, -0.2) is 78.5 Å². The molecule has 0 radical (unpaired) electrons. The van der Waals surface area contributed by atoms with Gasteiger partial charge in [0.1, 0.15) is 12.1 Å². The highest BCUT2D eigenvalue weighted by Gasteiger charge is 2.41. The lowest BCUT2D eigenvalue weighted by Crippen LogP contribution is -2.61. The monoisotopic (exact) mass is 601 g/mol. The molecule has 3 amide bonds. The molecule has 10 heteroatoms. The summed E-state index contributed by atoms with van der Waals surface area (Å²) in [6, 6.07) is 7.10. The van der Waals surface area contributed by atoms with Crippen LogP contribution in [0, 0.1) is 11.3 Å². The lowest BCUT2D eigenvalue weighted by molar-refractivity contribution is -0.141. The third-order valence-electron chi connectivity index (χ3n) is 7.99. The molecule has 0 aliphatic rings. The largest absolute Gasteiger partial charge is 0.480 e. The quantitative estimate of drug-likeness (QED) is 0.144. The van der Waals surface area contributed by atoms with Crippen LogP contribution in [-0.2, 0) is 24.6 Å². The summed E-state index contributed by atoms with van der Waals surface area (Å²) in [6.45, 7) is 15.8. The van der Waals surface area contributed by atoms with Gasteiger partial charge in [0.15, 0.2) is 0 Å². The number of nitrogens with zero attached hydrogens (tertiary/aromatic N) is 1. The minimum atomic E-state index is -1.03. The maximum atomic E-state index is 14.0. The Morgan fingerprint density at radius 2 is 1.58 bits per heavy atom. The minimum Gasteiger partial charge on any atom is -0.480 e. The van der Waals surface area contributed by atoms with Gasteiger partial charge >= 0.3 is 5.97 Å². The lowest BCUT2D eigenvalue weighted by Gasteiger charge is -2.40. The van der Waals surface area contributed by atoms with Crippen molar-refractivity contribution in [1.29, 1.82) is 0 Å². The highest BCUT2D eigenvalue weighted by Crippen LogP contribution is 2.29. The van der Waals surface area contributed by atoms with Gasteiger partial charge in [0.25, 0.3) is 0 Å². The number of likely N-dealkylation sites (N-methyl/N-ethyl adjacent to an activating group) is 2. The molecular weight excluding hydrogens is 546 g/mol. The predicted molar refractivity (Wildman–Crippen MR) is 171 cm³/mol. The number of unbranched alkanes of at least 4 members (excludes halogenated alkanes) is 1. The van der Waals surface area contributed by atoms with E-state index < -0.39 is 41.0 Å². The van der Waals surface area contributed by atoms with E-state index in [9.17, 15) is 19.2 Å². The molecule has 0 aliphatic heterocycles. The van der Waals surface area contributed by atoms with Gasteiger partial charge in [-0.15, -0.1) is 0 Å². The van der Waals surface area contributed by atoms with Gasteiger partial charge < -0.3 is 31.7 Å². The minimum absolute atomic E-state index is 0.00685. The van der Waals surface area contributed by atoms with Gasteiger partial charge in [-0.05, 0) is 50.1 Å². The average molecular weight is 602 g/mol. The van der Waals surface area contributed by atoms with Crippen molar-refractivity contribution in [2.45, 2.75) is 104 Å². The summed E-state index contributed by atoms with van der Waals surface area (Å²) in [5, 5.41) is 18.0. The molecule has 0 fully saturated rings. The second-order valence-electron chi connectivity index (χ2n) is 13.3. The first-order valence-electron chi connectivity index (χ1n) is 15.1. The molecule has 0 spiro atoms. The number of carbonyl (C=O) groups excluding carboxylic acids is 3. The van der Waals surface area contributed by atoms with Crippen molar-refractivity contribution in [3.8, 4) is 0 Å². The first-order valence-corrected chi connectivity index (χ1v) is 15.1. The van der Waals surface area contributed by atoms with E-state index in [0.717, 1.165) is 5.56 Å². The number of benzene rings is 1. The van der Waals surface area contributed by atoms with Crippen molar-refractivity contribution in [3.05, 3.63) is 47.5 Å². The summed E-state index contributed by atoms with van der Waals surface area (Å²) < 4.78 is 0. The van der Waals surface area contributed by atoms with Crippen molar-refractivity contribution < 1.29 is 24.3 Å². The fourth-order valence-electron chi connectivity index (χ4n) is 5.12. The van der Waals surface area contributed by atoms with E-state index >= 15 is 0 Å². The highest BCUT2D eigenvalue weighted by molar-refractivity contribution is 5.93. The smallest absolute Gasteiger partial charge is 0.320 e. The van der Waals surface area contributed by atoms with Gasteiger partial charge in [0, 0.05) is 24.6 Å². The van der Waals surface area contributed by atoms with E-state index in [2.05, 4.69) is 16.0 Å². The summed E-state index contributed by atoms with van der Waals surface area (Å²) in [5.74, 6) is -1.81. The van der Waals surface area contributed by atoms with Crippen molar-refractivity contribution in [2.24, 2.45) is 17.1 Å². The zero-order chi connectivity index (χ0) is 33.1. The Morgan fingerprint density at radius 3 is 2.07 bits per heavy atom. The Kier molecular flexibility index (Phi) is 14.6. The zero-order valence-electron chi connectivity index (χ0n) is 27.8. The molecule has 1 aromatic carbocycles. The molecule has 0 bridgehead atoms. The normalized spacial score (nSPS) is 15.3. The molecule has 43 heavy (non-hydrogen) atoms. The molecule has 4 atom stereocenters. The topological polar surface area (TPSA) is 154 Å². The fraction of sp³-hybridized carbons (Fsp3) is 0.636. The molecule has 0 aromatic heterocycles. The Labute approximate surface area is 258 Å². The Morgan fingerprint density at radius 1 is 1.00 bits per heavy atom. The fourth-order valence-corrected chi connectivity index (χ4v) is 5.12. The number of carboxylic acid groups (broad SMARTS) is 1. The van der Waals surface area contributed by atoms with Gasteiger partial charge in [0.05, 0.1) is 12.1 Å². The summed E-state index contributed by atoms with van der Waals surface area (Å²) in [4.78, 5) is 53.0. The third-order valence-corrected chi connectivity index (χ3v) is 7.99. The zero-order valence-corrected chi connectivity index (χ0v) is 27.8. The van der Waals surface area contributed by atoms with Crippen LogP contribution in [0.4, 0.5) is 0 Å². The Hall–Kier alpha value is -3.24. The molecule has 1 aromatic rings. The van der Waals surface area contributed by atoms with Crippen LogP contribution in [0.3, 0.4) is 0 Å². The highest BCUT2D eigenvalue weighted by atomic mass is 16.4. The van der Waals surface area contributed by atoms with Crippen LogP contribution >= 0.6 is 0 Å². The number of rotatable bonds is 16. The number of nitrogens with one attached hydrogen (secondary N) is 3. The molecule has 0 saturated carbocycles. The second kappa shape index (κ2) is 16.6. The maximum Gasteiger partial charge on any atom is 0.320 e. The average Bonchev–Trinajstić information content (AvgIpc) is 2.93. The summed E-state index contributed by atoms with van der Waals surface area (Å²) in [6.07, 6.45) is 3.31. The van der Waals surface area contributed by atoms with Gasteiger partial charge in [-0.2, -0.15) is 0 Å². The van der Waals surface area contributed by atoms with E-state index in [1.165, 1.54) is 0 Å². The first kappa shape index (κ1) is 37.8. The van der Waals surface area contributed by atoms with Crippen LogP contribution in [0.1, 0.15) is 80.2 Å². The van der Waals surface area contributed by atoms with E-state index in [-0.39, 0.29) is 23.6 Å². The van der Waals surface area contributed by atoms with Crippen LogP contribution in [0.5, 0.6) is 0 Å². The number of hydrogen-bond acceptors (Lipinski definition) is 6. The standard InChI is InChI=1S/C33H55N5O5/c1-21(2)25(20-22(3)28(39)36-19-15-14-18-24(34)31(42)43)38(10)30(41)27(32(4,5)6)37-29(40)26(35-9)33(7,8)23-16-12-11-13-17-23/h11-13,16-17,20-21,24-27,35H,14-15,18-19,34H2,1-10H3,(H,36,39)(H,37,40)(H,42,43)/b22-20+/t24-,25-,26-,27-/m1/s1. The van der Waals surface area contributed by atoms with Crippen molar-refractivity contribution in [2.75, 3.05) is 20.6 Å². The van der Waals surface area contributed by atoms with E-state index in [1.807, 2.05) is 78.8 Å².